The molecule has 142 valence electrons. The quantitative estimate of drug-likeness (QED) is 0.789. The molecule has 2 amide bonds. The molecule has 1 aliphatic carbocycles. The van der Waals surface area contributed by atoms with Crippen LogP contribution in [0.4, 0.5) is 5.69 Å². The smallest absolute Gasteiger partial charge is 0.264 e. The zero-order valence-electron chi connectivity index (χ0n) is 15.3. The van der Waals surface area contributed by atoms with Crippen LogP contribution in [0.2, 0.25) is 0 Å². The maximum atomic E-state index is 13.5. The first kappa shape index (κ1) is 17.9. The summed E-state index contributed by atoms with van der Waals surface area (Å²) in [5, 5.41) is 4.11. The fourth-order valence-electron chi connectivity index (χ4n) is 4.71. The number of hydroxylamine groups is 1. The van der Waals surface area contributed by atoms with E-state index in [4.69, 9.17) is 9.57 Å². The number of nitrogens with zero attached hydrogens (tertiary/aromatic N) is 1. The Morgan fingerprint density at radius 3 is 2.93 bits per heavy atom. The average molecular weight is 370 g/mol. The second-order valence-electron chi connectivity index (χ2n) is 7.12. The van der Waals surface area contributed by atoms with Gasteiger partial charge in [-0.3, -0.25) is 19.2 Å². The van der Waals surface area contributed by atoms with Gasteiger partial charge in [-0.1, -0.05) is 25.1 Å². The van der Waals surface area contributed by atoms with Crippen molar-refractivity contribution in [2.45, 2.75) is 37.3 Å². The third kappa shape index (κ3) is 2.38. The van der Waals surface area contributed by atoms with Crippen LogP contribution < -0.4 is 10.4 Å². The second kappa shape index (κ2) is 6.58. The van der Waals surface area contributed by atoms with Crippen LogP contribution in [0, 0.1) is 5.92 Å². The first-order chi connectivity index (χ1) is 13.1. The normalized spacial score (nSPS) is 31.5. The summed E-state index contributed by atoms with van der Waals surface area (Å²) in [5.74, 6) is -0.490. The maximum absolute atomic E-state index is 13.5. The number of ether oxygens (including phenoxy) is 1. The monoisotopic (exact) mass is 370 g/mol. The lowest BCUT2D eigenvalue weighted by Gasteiger charge is -2.33. The van der Waals surface area contributed by atoms with E-state index in [0.29, 0.717) is 30.5 Å². The molecule has 4 atom stereocenters. The molecule has 0 saturated carbocycles. The van der Waals surface area contributed by atoms with Crippen LogP contribution in [0.25, 0.3) is 0 Å². The van der Waals surface area contributed by atoms with Crippen LogP contribution >= 0.6 is 0 Å². The van der Waals surface area contributed by atoms with E-state index in [9.17, 15) is 14.4 Å². The molecule has 0 radical (unpaired) electrons. The van der Waals surface area contributed by atoms with Crippen LogP contribution in [0.15, 0.2) is 35.9 Å². The molecule has 4 aliphatic rings. The lowest BCUT2D eigenvalue weighted by molar-refractivity contribution is -0.134. The van der Waals surface area contributed by atoms with Crippen LogP contribution in [-0.2, 0) is 29.4 Å². The molecule has 7 heteroatoms. The van der Waals surface area contributed by atoms with E-state index >= 15 is 0 Å². The summed E-state index contributed by atoms with van der Waals surface area (Å²) < 4.78 is 6.07. The molecule has 1 aromatic rings. The highest BCUT2D eigenvalue weighted by molar-refractivity contribution is 6.08. The van der Waals surface area contributed by atoms with Gasteiger partial charge in [0.2, 0.25) is 6.41 Å². The molecule has 5 rings (SSSR count). The number of nitrogens with one attached hydrogen (secondary N) is 1. The number of Topliss-reactive ketones (excluding diaryl/α,β-unsaturated/α-hetero) is 1. The summed E-state index contributed by atoms with van der Waals surface area (Å²) in [6.45, 7) is 2.10. The summed E-state index contributed by atoms with van der Waals surface area (Å²) in [6, 6.07) is 7.04. The molecule has 3 aliphatic heterocycles. The van der Waals surface area contributed by atoms with Gasteiger partial charge in [0.1, 0.15) is 5.41 Å². The molecule has 0 aromatic heterocycles. The first-order valence-electron chi connectivity index (χ1n) is 9.12. The molecule has 1 spiro atoms. The van der Waals surface area contributed by atoms with Crippen molar-refractivity contribution in [3.63, 3.8) is 0 Å². The van der Waals surface area contributed by atoms with E-state index in [1.807, 2.05) is 31.2 Å². The van der Waals surface area contributed by atoms with E-state index < -0.39 is 11.5 Å². The van der Waals surface area contributed by atoms with Crippen LogP contribution in [0.3, 0.4) is 0 Å². The Labute approximate surface area is 157 Å². The Hall–Kier alpha value is -2.51. The molecule has 1 fully saturated rings. The third-order valence-electron chi connectivity index (χ3n) is 5.98. The average Bonchev–Trinajstić information content (AvgIpc) is 2.79. The van der Waals surface area contributed by atoms with E-state index in [-0.39, 0.29) is 30.3 Å². The zero-order valence-corrected chi connectivity index (χ0v) is 15.3. The highest BCUT2D eigenvalue weighted by atomic mass is 16.7. The zero-order chi connectivity index (χ0) is 19.2. The van der Waals surface area contributed by atoms with Gasteiger partial charge in [-0.05, 0) is 24.1 Å². The van der Waals surface area contributed by atoms with Gasteiger partial charge in [0.15, 0.2) is 5.78 Å². The minimum absolute atomic E-state index is 0.0189. The molecule has 1 saturated heterocycles. The number of anilines is 1. The number of fused-ring (bicyclic) bond motifs is 3. The lowest BCUT2D eigenvalue weighted by Crippen LogP contribution is -2.50. The molecule has 3 heterocycles. The fourth-order valence-corrected chi connectivity index (χ4v) is 4.71. The molecule has 1 aromatic carbocycles. The van der Waals surface area contributed by atoms with Gasteiger partial charge in [0, 0.05) is 24.0 Å². The summed E-state index contributed by atoms with van der Waals surface area (Å²) in [5.41, 5.74) is 1.06. The van der Waals surface area contributed by atoms with Crippen molar-refractivity contribution in [2.24, 2.45) is 5.92 Å². The van der Waals surface area contributed by atoms with Crippen molar-refractivity contribution in [2.75, 3.05) is 18.8 Å². The number of benzene rings is 1. The highest BCUT2D eigenvalue weighted by Gasteiger charge is 2.61. The Bertz CT molecular complexity index is 835. The minimum Gasteiger partial charge on any atom is -0.372 e. The van der Waals surface area contributed by atoms with Crippen molar-refractivity contribution in [1.82, 2.24) is 5.32 Å². The van der Waals surface area contributed by atoms with Gasteiger partial charge in [-0.25, -0.2) is 0 Å². The van der Waals surface area contributed by atoms with Crippen LogP contribution in [0.1, 0.15) is 25.3 Å². The standard InChI is InChI=1S/C20H22N2O5/c1-3-17(24)12-8-18-20(9-15(21-11-23)13(12)10-27-18)14-6-4-5-7-16(14)22(26-2)19(20)25/h4-8,11,13,15,18H,3,9-10H2,1-2H3,(H,21,23)/t13-,15-,18+,20-/m0/s1. The Morgan fingerprint density at radius 1 is 1.44 bits per heavy atom. The predicted octanol–water partition coefficient (Wildman–Crippen LogP) is 1.27. The number of ketones is 1. The molecule has 27 heavy (non-hydrogen) atoms. The van der Waals surface area contributed by atoms with Gasteiger partial charge >= 0.3 is 0 Å². The van der Waals surface area contributed by atoms with E-state index in [1.165, 1.54) is 12.2 Å². The van der Waals surface area contributed by atoms with Crippen molar-refractivity contribution >= 4 is 23.8 Å². The van der Waals surface area contributed by atoms with Crippen LogP contribution in [0.5, 0.6) is 0 Å². The first-order valence-corrected chi connectivity index (χ1v) is 9.12. The van der Waals surface area contributed by atoms with Gasteiger partial charge in [-0.2, -0.15) is 5.06 Å². The van der Waals surface area contributed by atoms with Crippen LogP contribution in [-0.4, -0.2) is 44.0 Å². The van der Waals surface area contributed by atoms with Gasteiger partial charge < -0.3 is 10.1 Å². The molecular formula is C20H22N2O5. The summed E-state index contributed by atoms with van der Waals surface area (Å²) in [7, 11) is 1.45. The Morgan fingerprint density at radius 2 is 2.22 bits per heavy atom. The summed E-state index contributed by atoms with van der Waals surface area (Å²) in [6.07, 6.45) is 2.54. The molecule has 0 unspecified atom stereocenters. The minimum atomic E-state index is -1.04. The SMILES string of the molecule is CCC(=O)C1=C[C@H]2OC[C@@H]1[C@@H](NC=O)C[C@@]21C(=O)N(OC)c2ccccc21. The van der Waals surface area contributed by atoms with E-state index in [0.717, 1.165) is 5.56 Å². The predicted molar refractivity (Wildman–Crippen MR) is 96.8 cm³/mol. The largest absolute Gasteiger partial charge is 0.372 e. The topological polar surface area (TPSA) is 84.9 Å². The maximum Gasteiger partial charge on any atom is 0.264 e. The molecule has 2 bridgehead atoms. The fraction of sp³-hybridized carbons (Fsp3) is 0.450. The van der Waals surface area contributed by atoms with Crippen molar-refractivity contribution in [3.8, 4) is 0 Å². The van der Waals surface area contributed by atoms with Gasteiger partial charge in [-0.15, -0.1) is 0 Å². The number of carbonyl (C=O) groups is 3. The number of hydrogen-bond acceptors (Lipinski definition) is 5. The lowest BCUT2D eigenvalue weighted by atomic mass is 9.72. The second-order valence-corrected chi connectivity index (χ2v) is 7.12. The van der Waals surface area contributed by atoms with Gasteiger partial charge in [0.05, 0.1) is 25.5 Å². The van der Waals surface area contributed by atoms with Crippen molar-refractivity contribution in [1.29, 1.82) is 0 Å². The van der Waals surface area contributed by atoms with Gasteiger partial charge in [0.25, 0.3) is 5.91 Å². The third-order valence-corrected chi connectivity index (χ3v) is 5.98. The van der Waals surface area contributed by atoms with E-state index in [2.05, 4.69) is 5.32 Å². The highest BCUT2D eigenvalue weighted by Crippen LogP contribution is 2.52. The van der Waals surface area contributed by atoms with Crippen molar-refractivity contribution in [3.05, 3.63) is 41.5 Å². The molecule has 7 nitrogen and oxygen atoms in total. The van der Waals surface area contributed by atoms with E-state index in [1.54, 1.807) is 6.08 Å². The number of rotatable bonds is 5. The number of amides is 2. The Kier molecular flexibility index (Phi) is 4.36. The summed E-state index contributed by atoms with van der Waals surface area (Å²) in [4.78, 5) is 42.7. The Balaban J connectivity index is 1.92. The summed E-state index contributed by atoms with van der Waals surface area (Å²) >= 11 is 0. The van der Waals surface area contributed by atoms with Crippen molar-refractivity contribution < 1.29 is 24.0 Å². The number of para-hydroxylation sites is 1. The number of hydrogen-bond donors (Lipinski definition) is 1. The molecular weight excluding hydrogens is 348 g/mol. The number of carbonyl (C=O) groups excluding carboxylic acids is 3. The molecule has 1 N–H and O–H groups in total.